The molecular formula is C26H38N4O2. The molecule has 1 heterocycles. The van der Waals surface area contributed by atoms with E-state index in [2.05, 4.69) is 10.2 Å². The standard InChI is InChI=1S/C26H38N4O2/c1-2-11-25(31)27-18-24-28-22-16-9-10-17-23(22)29(24)19-26(32)30(20-12-5-3-6-13-20)21-14-7-4-8-15-21/h9-10,16-17,20-21H,2-8,11-15,18-19H2,1H3,(H,27,31). The fourth-order valence-corrected chi connectivity index (χ4v) is 5.57. The van der Waals surface area contributed by atoms with E-state index in [0.29, 0.717) is 31.6 Å². The van der Waals surface area contributed by atoms with Crippen LogP contribution in [0.15, 0.2) is 24.3 Å². The Morgan fingerprint density at radius 1 is 1.00 bits per heavy atom. The minimum absolute atomic E-state index is 0.0310. The summed E-state index contributed by atoms with van der Waals surface area (Å²) in [4.78, 5) is 32.9. The number of nitrogens with one attached hydrogen (secondary N) is 1. The number of hydrogen-bond donors (Lipinski definition) is 1. The predicted octanol–water partition coefficient (Wildman–Crippen LogP) is 4.95. The Hall–Kier alpha value is -2.37. The van der Waals surface area contributed by atoms with Crippen LogP contribution in [0.2, 0.25) is 0 Å². The summed E-state index contributed by atoms with van der Waals surface area (Å²) in [5, 5.41) is 2.98. The molecule has 0 spiro atoms. The maximum Gasteiger partial charge on any atom is 0.243 e. The van der Waals surface area contributed by atoms with Crippen LogP contribution in [0, 0.1) is 0 Å². The summed E-state index contributed by atoms with van der Waals surface area (Å²) >= 11 is 0. The number of hydrogen-bond acceptors (Lipinski definition) is 3. The van der Waals surface area contributed by atoms with Crippen molar-refractivity contribution in [1.82, 2.24) is 19.8 Å². The highest BCUT2D eigenvalue weighted by atomic mass is 16.2. The number of nitrogens with zero attached hydrogens (tertiary/aromatic N) is 3. The molecule has 2 amide bonds. The first-order valence-electron chi connectivity index (χ1n) is 12.7. The molecule has 0 atom stereocenters. The van der Waals surface area contributed by atoms with Crippen LogP contribution in [0.4, 0.5) is 0 Å². The van der Waals surface area contributed by atoms with Crippen LogP contribution >= 0.6 is 0 Å². The van der Waals surface area contributed by atoms with E-state index in [1.54, 1.807) is 0 Å². The highest BCUT2D eigenvalue weighted by Crippen LogP contribution is 2.31. The van der Waals surface area contributed by atoms with E-state index in [-0.39, 0.29) is 11.8 Å². The molecule has 0 aliphatic heterocycles. The molecular weight excluding hydrogens is 400 g/mol. The zero-order valence-electron chi connectivity index (χ0n) is 19.5. The number of amides is 2. The molecule has 1 aromatic carbocycles. The van der Waals surface area contributed by atoms with Crippen LogP contribution in [0.5, 0.6) is 0 Å². The Morgan fingerprint density at radius 3 is 2.25 bits per heavy atom. The lowest BCUT2D eigenvalue weighted by molar-refractivity contribution is -0.138. The van der Waals surface area contributed by atoms with Crippen molar-refractivity contribution < 1.29 is 9.59 Å². The number of rotatable bonds is 8. The molecule has 2 aliphatic carbocycles. The summed E-state index contributed by atoms with van der Waals surface area (Å²) < 4.78 is 2.03. The highest BCUT2D eigenvalue weighted by molar-refractivity contribution is 5.82. The zero-order chi connectivity index (χ0) is 22.3. The summed E-state index contributed by atoms with van der Waals surface area (Å²) in [6.45, 7) is 2.65. The molecule has 2 aliphatic rings. The van der Waals surface area contributed by atoms with Crippen molar-refractivity contribution >= 4 is 22.8 Å². The van der Waals surface area contributed by atoms with Crippen LogP contribution in [0.3, 0.4) is 0 Å². The number of aromatic nitrogens is 2. The number of carbonyl (C=O) groups is 2. The second-order valence-electron chi connectivity index (χ2n) is 9.51. The molecule has 0 saturated heterocycles. The Morgan fingerprint density at radius 2 is 1.62 bits per heavy atom. The molecule has 6 nitrogen and oxygen atoms in total. The van der Waals surface area contributed by atoms with Crippen molar-refractivity contribution in [1.29, 1.82) is 0 Å². The van der Waals surface area contributed by atoms with Crippen molar-refractivity contribution in [2.24, 2.45) is 0 Å². The number of fused-ring (bicyclic) bond motifs is 1. The van der Waals surface area contributed by atoms with Crippen molar-refractivity contribution in [3.63, 3.8) is 0 Å². The molecule has 2 aromatic rings. The third kappa shape index (κ3) is 5.33. The first kappa shape index (κ1) is 22.8. The smallest absolute Gasteiger partial charge is 0.243 e. The maximum atomic E-state index is 13.8. The van der Waals surface area contributed by atoms with Crippen LogP contribution < -0.4 is 5.32 Å². The van der Waals surface area contributed by atoms with Gasteiger partial charge in [-0.1, -0.05) is 57.6 Å². The topological polar surface area (TPSA) is 67.2 Å². The van der Waals surface area contributed by atoms with Gasteiger partial charge in [0.15, 0.2) is 0 Å². The fraction of sp³-hybridized carbons (Fsp3) is 0.654. The normalized spacial score (nSPS) is 18.0. The van der Waals surface area contributed by atoms with Crippen LogP contribution in [-0.2, 0) is 22.7 Å². The van der Waals surface area contributed by atoms with Crippen molar-refractivity contribution in [2.75, 3.05) is 0 Å². The summed E-state index contributed by atoms with van der Waals surface area (Å²) in [6, 6.07) is 8.72. The SMILES string of the molecule is CCCC(=O)NCc1nc2ccccc2n1CC(=O)N(C1CCCCC1)C1CCCCC1. The van der Waals surface area contributed by atoms with E-state index in [1.807, 2.05) is 35.8 Å². The lowest BCUT2D eigenvalue weighted by Crippen LogP contribution is -2.50. The third-order valence-corrected chi connectivity index (χ3v) is 7.17. The molecule has 2 fully saturated rings. The fourth-order valence-electron chi connectivity index (χ4n) is 5.57. The van der Waals surface area contributed by atoms with E-state index in [0.717, 1.165) is 49.0 Å². The molecule has 0 unspecified atom stereocenters. The quantitative estimate of drug-likeness (QED) is 0.634. The van der Waals surface area contributed by atoms with Gasteiger partial charge in [-0.3, -0.25) is 9.59 Å². The maximum absolute atomic E-state index is 13.8. The van der Waals surface area contributed by atoms with Gasteiger partial charge in [0.1, 0.15) is 12.4 Å². The summed E-state index contributed by atoms with van der Waals surface area (Å²) in [6.07, 6.45) is 13.3. The average molecular weight is 439 g/mol. The molecule has 2 saturated carbocycles. The second-order valence-corrected chi connectivity index (χ2v) is 9.51. The van der Waals surface area contributed by atoms with Gasteiger partial charge in [0.25, 0.3) is 0 Å². The Labute approximate surface area is 191 Å². The molecule has 1 aromatic heterocycles. The van der Waals surface area contributed by atoms with Crippen LogP contribution in [0.1, 0.15) is 89.8 Å². The minimum Gasteiger partial charge on any atom is -0.349 e. The lowest BCUT2D eigenvalue weighted by atomic mass is 9.88. The van der Waals surface area contributed by atoms with Gasteiger partial charge in [0.2, 0.25) is 11.8 Å². The Balaban J connectivity index is 1.58. The lowest BCUT2D eigenvalue weighted by Gasteiger charge is -2.42. The summed E-state index contributed by atoms with van der Waals surface area (Å²) in [7, 11) is 0. The molecule has 32 heavy (non-hydrogen) atoms. The second kappa shape index (κ2) is 11.0. The van der Waals surface area contributed by atoms with Gasteiger partial charge >= 0.3 is 0 Å². The van der Waals surface area contributed by atoms with E-state index < -0.39 is 0 Å². The van der Waals surface area contributed by atoms with Gasteiger partial charge in [0.05, 0.1) is 17.6 Å². The first-order valence-corrected chi connectivity index (χ1v) is 12.7. The number of carbonyl (C=O) groups excluding carboxylic acids is 2. The number of imidazole rings is 1. The predicted molar refractivity (Wildman–Crippen MR) is 127 cm³/mol. The van der Waals surface area contributed by atoms with E-state index >= 15 is 0 Å². The van der Waals surface area contributed by atoms with Gasteiger partial charge in [-0.05, 0) is 44.2 Å². The van der Waals surface area contributed by atoms with Gasteiger partial charge in [-0.2, -0.15) is 0 Å². The van der Waals surface area contributed by atoms with E-state index in [1.165, 1.54) is 38.5 Å². The first-order chi connectivity index (χ1) is 15.7. The minimum atomic E-state index is 0.0310. The van der Waals surface area contributed by atoms with E-state index in [4.69, 9.17) is 4.98 Å². The summed E-state index contributed by atoms with van der Waals surface area (Å²) in [5.74, 6) is 1.01. The average Bonchev–Trinajstić information content (AvgIpc) is 3.17. The molecule has 4 rings (SSSR count). The van der Waals surface area contributed by atoms with E-state index in [9.17, 15) is 9.59 Å². The van der Waals surface area contributed by atoms with Gasteiger partial charge < -0.3 is 14.8 Å². The van der Waals surface area contributed by atoms with Gasteiger partial charge in [-0.25, -0.2) is 4.98 Å². The zero-order valence-corrected chi connectivity index (χ0v) is 19.5. The molecule has 0 bridgehead atoms. The van der Waals surface area contributed by atoms with Crippen molar-refractivity contribution in [3.8, 4) is 0 Å². The number of benzene rings is 1. The molecule has 0 radical (unpaired) electrons. The number of para-hydroxylation sites is 2. The largest absolute Gasteiger partial charge is 0.349 e. The Bertz CT molecular complexity index is 892. The molecule has 1 N–H and O–H groups in total. The van der Waals surface area contributed by atoms with Crippen LogP contribution in [-0.4, -0.2) is 38.3 Å². The van der Waals surface area contributed by atoms with Crippen molar-refractivity contribution in [2.45, 2.75) is 109 Å². The monoisotopic (exact) mass is 438 g/mol. The highest BCUT2D eigenvalue weighted by Gasteiger charge is 2.33. The third-order valence-electron chi connectivity index (χ3n) is 7.17. The molecule has 174 valence electrons. The van der Waals surface area contributed by atoms with Crippen molar-refractivity contribution in [3.05, 3.63) is 30.1 Å². The van der Waals surface area contributed by atoms with Gasteiger partial charge in [0, 0.05) is 18.5 Å². The van der Waals surface area contributed by atoms with Gasteiger partial charge in [-0.15, -0.1) is 0 Å². The summed E-state index contributed by atoms with van der Waals surface area (Å²) in [5.41, 5.74) is 1.84. The van der Waals surface area contributed by atoms with Crippen LogP contribution in [0.25, 0.3) is 11.0 Å². The molecule has 6 heteroatoms. The Kier molecular flexibility index (Phi) is 7.82.